The molecule has 1 atom stereocenters. The average molecular weight is 427 g/mol. The van der Waals surface area contributed by atoms with Crippen molar-refractivity contribution < 1.29 is 9.53 Å². The van der Waals surface area contributed by atoms with E-state index in [2.05, 4.69) is 15.0 Å². The number of ether oxygens (including phenoxy) is 1. The predicted octanol–water partition coefficient (Wildman–Crippen LogP) is 0.946. The summed E-state index contributed by atoms with van der Waals surface area (Å²) in [6, 6.07) is 1.87. The van der Waals surface area contributed by atoms with Crippen LogP contribution in [0, 0.1) is 5.92 Å². The Kier molecular flexibility index (Phi) is 5.29. The molecule has 0 aromatic carbocycles. The summed E-state index contributed by atoms with van der Waals surface area (Å²) in [6.45, 7) is 6.77. The number of nitrogens with one attached hydrogen (secondary N) is 1. The molecule has 5 rings (SSSR count). The van der Waals surface area contributed by atoms with Crippen LogP contribution in [0.4, 0.5) is 5.95 Å². The molecule has 0 radical (unpaired) electrons. The van der Waals surface area contributed by atoms with E-state index in [1.165, 1.54) is 0 Å². The highest BCUT2D eigenvalue weighted by Crippen LogP contribution is 2.44. The van der Waals surface area contributed by atoms with E-state index in [1.807, 2.05) is 28.8 Å². The maximum atomic E-state index is 13.0. The lowest BCUT2D eigenvalue weighted by atomic mass is 9.76. The van der Waals surface area contributed by atoms with Crippen molar-refractivity contribution in [1.82, 2.24) is 24.6 Å². The first-order valence-corrected chi connectivity index (χ1v) is 11.3. The number of carbonyl (C=O) groups is 1. The number of piperidine rings is 1. The van der Waals surface area contributed by atoms with Gasteiger partial charge in [0.2, 0.25) is 11.9 Å². The van der Waals surface area contributed by atoms with Gasteiger partial charge in [-0.2, -0.15) is 5.10 Å². The Labute approximate surface area is 181 Å². The molecule has 2 aromatic rings. The maximum Gasteiger partial charge on any atom is 0.255 e. The molecule has 1 N–H and O–H groups in total. The summed E-state index contributed by atoms with van der Waals surface area (Å²) in [5.41, 5.74) is 1.71. The Morgan fingerprint density at radius 3 is 2.71 bits per heavy atom. The van der Waals surface area contributed by atoms with Crippen molar-refractivity contribution in [3.63, 3.8) is 0 Å². The van der Waals surface area contributed by atoms with Crippen molar-refractivity contribution in [2.75, 3.05) is 44.3 Å². The maximum absolute atomic E-state index is 13.0. The van der Waals surface area contributed by atoms with Gasteiger partial charge in [-0.05, 0) is 31.7 Å². The number of carbonyl (C=O) groups excluding carboxylic acids is 1. The molecule has 1 unspecified atom stereocenters. The minimum atomic E-state index is -0.112. The zero-order valence-corrected chi connectivity index (χ0v) is 18.0. The van der Waals surface area contributed by atoms with Crippen LogP contribution in [0.25, 0.3) is 0 Å². The zero-order valence-electron chi connectivity index (χ0n) is 18.0. The number of amides is 1. The van der Waals surface area contributed by atoms with E-state index < -0.39 is 0 Å². The monoisotopic (exact) mass is 426 g/mol. The van der Waals surface area contributed by atoms with E-state index in [0.29, 0.717) is 38.8 Å². The summed E-state index contributed by atoms with van der Waals surface area (Å²) < 4.78 is 7.25. The molecule has 1 spiro atoms. The third-order valence-electron chi connectivity index (χ3n) is 7.14. The molecule has 0 bridgehead atoms. The molecule has 31 heavy (non-hydrogen) atoms. The van der Waals surface area contributed by atoms with Crippen molar-refractivity contribution in [1.29, 1.82) is 0 Å². The van der Waals surface area contributed by atoms with E-state index in [4.69, 9.17) is 9.72 Å². The number of hydrogen-bond acceptors (Lipinski definition) is 6. The van der Waals surface area contributed by atoms with Crippen molar-refractivity contribution in [2.24, 2.45) is 5.92 Å². The fourth-order valence-corrected chi connectivity index (χ4v) is 5.28. The highest BCUT2D eigenvalue weighted by molar-refractivity contribution is 5.78. The van der Waals surface area contributed by atoms with E-state index in [9.17, 15) is 9.59 Å². The lowest BCUT2D eigenvalue weighted by Gasteiger charge is -2.40. The molecular weight excluding hydrogens is 396 g/mol. The second-order valence-corrected chi connectivity index (χ2v) is 9.05. The van der Waals surface area contributed by atoms with Gasteiger partial charge in [-0.25, -0.2) is 4.98 Å². The Morgan fingerprint density at radius 1 is 1.23 bits per heavy atom. The van der Waals surface area contributed by atoms with E-state index in [-0.39, 0.29) is 22.8 Å². The fourth-order valence-electron chi connectivity index (χ4n) is 5.28. The van der Waals surface area contributed by atoms with Crippen LogP contribution in [-0.4, -0.2) is 69.9 Å². The summed E-state index contributed by atoms with van der Waals surface area (Å²) >= 11 is 0. The van der Waals surface area contributed by atoms with Gasteiger partial charge in [0.05, 0.1) is 31.4 Å². The molecule has 1 aliphatic carbocycles. The van der Waals surface area contributed by atoms with Gasteiger partial charge in [-0.15, -0.1) is 0 Å². The molecule has 2 fully saturated rings. The Hall–Kier alpha value is -2.68. The Balaban J connectivity index is 1.30. The molecule has 4 heterocycles. The zero-order chi connectivity index (χ0) is 21.4. The molecule has 166 valence electrons. The number of anilines is 1. The molecule has 1 amide bonds. The van der Waals surface area contributed by atoms with Crippen LogP contribution < -0.4 is 10.5 Å². The highest BCUT2D eigenvalue weighted by atomic mass is 16.5. The second-order valence-electron chi connectivity index (χ2n) is 9.05. The van der Waals surface area contributed by atoms with Crippen molar-refractivity contribution in [3.8, 4) is 0 Å². The van der Waals surface area contributed by atoms with Crippen LogP contribution in [-0.2, 0) is 27.9 Å². The summed E-state index contributed by atoms with van der Waals surface area (Å²) in [7, 11) is 0. The highest BCUT2D eigenvalue weighted by Gasteiger charge is 2.45. The quantitative estimate of drug-likeness (QED) is 0.782. The van der Waals surface area contributed by atoms with Gasteiger partial charge in [0.25, 0.3) is 5.56 Å². The van der Waals surface area contributed by atoms with Gasteiger partial charge >= 0.3 is 0 Å². The van der Waals surface area contributed by atoms with E-state index in [0.717, 1.165) is 50.0 Å². The van der Waals surface area contributed by atoms with Crippen molar-refractivity contribution in [3.05, 3.63) is 40.1 Å². The number of fused-ring (bicyclic) bond motifs is 2. The lowest BCUT2D eigenvalue weighted by Crippen LogP contribution is -2.47. The molecule has 9 heteroatoms. The molecule has 3 aliphatic rings. The SMILES string of the molecule is CC(Cn1cccn1)C(=O)N1CCC2(CCc3c2nc(N2CCOCC2)[nH]c3=O)CC1. The van der Waals surface area contributed by atoms with Gasteiger partial charge in [-0.1, -0.05) is 6.92 Å². The molecular formula is C22H30N6O3. The second kappa shape index (κ2) is 8.11. The first kappa shape index (κ1) is 20.2. The Bertz CT molecular complexity index is 987. The van der Waals surface area contributed by atoms with E-state index >= 15 is 0 Å². The van der Waals surface area contributed by atoms with Crippen LogP contribution in [0.15, 0.2) is 23.3 Å². The van der Waals surface area contributed by atoms with Crippen molar-refractivity contribution >= 4 is 11.9 Å². The number of nitrogens with zero attached hydrogens (tertiary/aromatic N) is 5. The first-order chi connectivity index (χ1) is 15.1. The number of H-pyrrole nitrogens is 1. The summed E-state index contributed by atoms with van der Waals surface area (Å²) in [4.78, 5) is 37.8. The molecule has 0 saturated carbocycles. The van der Waals surface area contributed by atoms with E-state index in [1.54, 1.807) is 6.20 Å². The number of likely N-dealkylation sites (tertiary alicyclic amines) is 1. The van der Waals surface area contributed by atoms with Crippen LogP contribution >= 0.6 is 0 Å². The van der Waals surface area contributed by atoms with Gasteiger partial charge in [0.15, 0.2) is 0 Å². The number of aromatic amines is 1. The molecule has 9 nitrogen and oxygen atoms in total. The average Bonchev–Trinajstić information content (AvgIpc) is 3.43. The number of aromatic nitrogens is 4. The van der Waals surface area contributed by atoms with Crippen LogP contribution in [0.3, 0.4) is 0 Å². The molecule has 2 saturated heterocycles. The standard InChI is InChI=1S/C22H30N6O3/c1-16(15-28-8-2-7-23-28)20(30)26-9-5-22(6-10-26)4-3-17-18(22)24-21(25-19(17)29)27-11-13-31-14-12-27/h2,7-8,16H,3-6,9-15H2,1H3,(H,24,25,29). The summed E-state index contributed by atoms with van der Waals surface area (Å²) in [5, 5.41) is 4.21. The Morgan fingerprint density at radius 2 is 2.00 bits per heavy atom. The minimum Gasteiger partial charge on any atom is -0.378 e. The summed E-state index contributed by atoms with van der Waals surface area (Å²) in [6.07, 6.45) is 7.05. The first-order valence-electron chi connectivity index (χ1n) is 11.3. The van der Waals surface area contributed by atoms with Crippen LogP contribution in [0.2, 0.25) is 0 Å². The number of hydrogen-bond donors (Lipinski definition) is 1. The fraction of sp³-hybridized carbons (Fsp3) is 0.636. The smallest absolute Gasteiger partial charge is 0.255 e. The van der Waals surface area contributed by atoms with Gasteiger partial charge in [0, 0.05) is 49.6 Å². The van der Waals surface area contributed by atoms with Crippen LogP contribution in [0.1, 0.15) is 37.4 Å². The van der Waals surface area contributed by atoms with Crippen molar-refractivity contribution in [2.45, 2.75) is 44.6 Å². The van der Waals surface area contributed by atoms with Gasteiger partial charge in [0.1, 0.15) is 0 Å². The van der Waals surface area contributed by atoms with Gasteiger partial charge in [-0.3, -0.25) is 19.3 Å². The minimum absolute atomic E-state index is 0.00489. The number of morpholine rings is 1. The summed E-state index contributed by atoms with van der Waals surface area (Å²) in [5.74, 6) is 0.731. The van der Waals surface area contributed by atoms with Crippen LogP contribution in [0.5, 0.6) is 0 Å². The third kappa shape index (κ3) is 3.75. The number of rotatable bonds is 4. The normalized spacial score (nSPS) is 21.3. The largest absolute Gasteiger partial charge is 0.378 e. The topological polar surface area (TPSA) is 96.3 Å². The third-order valence-corrected chi connectivity index (χ3v) is 7.14. The molecule has 2 aliphatic heterocycles. The van der Waals surface area contributed by atoms with Gasteiger partial charge < -0.3 is 14.5 Å². The molecule has 2 aromatic heterocycles. The predicted molar refractivity (Wildman–Crippen MR) is 115 cm³/mol. The lowest BCUT2D eigenvalue weighted by molar-refractivity contribution is -0.137.